The number of benzene rings is 3. The summed E-state index contributed by atoms with van der Waals surface area (Å²) in [4.78, 5) is 9.88. The van der Waals surface area contributed by atoms with E-state index < -0.39 is 0 Å². The normalized spacial score (nSPS) is 17.9. The molecule has 0 unspecified atom stereocenters. The predicted octanol–water partition coefficient (Wildman–Crippen LogP) is 5.91. The minimum absolute atomic E-state index is 0.144. The highest BCUT2D eigenvalue weighted by Gasteiger charge is 2.27. The molecule has 2 saturated heterocycles. The van der Waals surface area contributed by atoms with Gasteiger partial charge in [0.05, 0.1) is 17.7 Å². The van der Waals surface area contributed by atoms with Gasteiger partial charge in [0.2, 0.25) is 0 Å². The van der Waals surface area contributed by atoms with E-state index in [1.54, 1.807) is 0 Å². The van der Waals surface area contributed by atoms with Crippen LogP contribution in [0.3, 0.4) is 0 Å². The maximum atomic E-state index is 9.82. The van der Waals surface area contributed by atoms with Crippen molar-refractivity contribution < 1.29 is 0 Å². The zero-order valence-electron chi connectivity index (χ0n) is 22.0. The molecule has 0 N–H and O–H groups in total. The first kappa shape index (κ1) is 27.0. The largest absolute Gasteiger partial charge is 0.370 e. The van der Waals surface area contributed by atoms with Gasteiger partial charge in [0.1, 0.15) is 0 Å². The number of hydrogen-bond donors (Lipinski definition) is 0. The lowest BCUT2D eigenvalue weighted by molar-refractivity contribution is 0.105. The number of anilines is 1. The van der Waals surface area contributed by atoms with Crippen molar-refractivity contribution in [2.24, 2.45) is 0 Å². The van der Waals surface area contributed by atoms with Gasteiger partial charge in [-0.25, -0.2) is 0 Å². The molecule has 3 aromatic carbocycles. The fourth-order valence-electron chi connectivity index (χ4n) is 5.65. The number of nitrogens with zero attached hydrogens (tertiary/aromatic N) is 5. The van der Waals surface area contributed by atoms with Crippen molar-refractivity contribution in [2.45, 2.75) is 19.0 Å². The molecule has 0 atom stereocenters. The summed E-state index contributed by atoms with van der Waals surface area (Å²) < 4.78 is 0. The summed E-state index contributed by atoms with van der Waals surface area (Å²) in [5.74, 6) is 0. The predicted molar refractivity (Wildman–Crippen MR) is 157 cm³/mol. The Morgan fingerprint density at radius 1 is 0.763 bits per heavy atom. The van der Waals surface area contributed by atoms with Crippen molar-refractivity contribution in [3.05, 3.63) is 99.0 Å². The Bertz CT molecular complexity index is 1200. The van der Waals surface area contributed by atoms with Gasteiger partial charge in [-0.3, -0.25) is 9.80 Å². The van der Waals surface area contributed by atoms with Crippen LogP contribution < -0.4 is 4.90 Å². The first-order valence-electron chi connectivity index (χ1n) is 13.4. The maximum Gasteiger partial charge on any atom is 0.0995 e. The Balaban J connectivity index is 1.29. The molecular formula is C31H35Cl2N5. The average molecular weight is 549 g/mol. The molecule has 0 saturated carbocycles. The molecule has 38 heavy (non-hydrogen) atoms. The summed E-state index contributed by atoms with van der Waals surface area (Å²) >= 11 is 12.4. The number of hydrogen-bond acceptors (Lipinski definition) is 5. The lowest BCUT2D eigenvalue weighted by atomic mass is 9.96. The highest BCUT2D eigenvalue weighted by atomic mass is 35.5. The Morgan fingerprint density at radius 3 is 2.00 bits per heavy atom. The number of piperazine rings is 1. The molecule has 3 aromatic rings. The molecule has 0 aromatic heterocycles. The number of nitriles is 1. The van der Waals surface area contributed by atoms with Crippen molar-refractivity contribution in [2.75, 3.05) is 64.3 Å². The van der Waals surface area contributed by atoms with Gasteiger partial charge < -0.3 is 9.80 Å². The zero-order chi connectivity index (χ0) is 26.5. The van der Waals surface area contributed by atoms with Gasteiger partial charge in [-0.2, -0.15) is 5.26 Å². The van der Waals surface area contributed by atoms with E-state index in [2.05, 4.69) is 69.1 Å². The van der Waals surface area contributed by atoms with Gasteiger partial charge >= 0.3 is 0 Å². The van der Waals surface area contributed by atoms with Crippen LogP contribution in [0.1, 0.15) is 34.7 Å². The smallest absolute Gasteiger partial charge is 0.0995 e. The molecule has 5 nitrogen and oxygen atoms in total. The first-order chi connectivity index (χ1) is 18.5. The SMILES string of the molecule is CN1CCCN(c2ccc(C#N)c(CN3CCN(C(c4ccc(Cl)cc4)c4ccc(Cl)cc4)CC3)c2)CC1. The molecule has 2 heterocycles. The van der Waals surface area contributed by atoms with E-state index in [0.29, 0.717) is 0 Å². The van der Waals surface area contributed by atoms with E-state index >= 15 is 0 Å². The summed E-state index contributed by atoms with van der Waals surface area (Å²) in [5, 5.41) is 11.3. The summed E-state index contributed by atoms with van der Waals surface area (Å²) in [7, 11) is 2.19. The minimum Gasteiger partial charge on any atom is -0.370 e. The molecule has 7 heteroatoms. The van der Waals surface area contributed by atoms with Crippen LogP contribution in [0, 0.1) is 11.3 Å². The van der Waals surface area contributed by atoms with Crippen LogP contribution in [0.15, 0.2) is 66.7 Å². The molecule has 0 bridgehead atoms. The van der Waals surface area contributed by atoms with E-state index in [9.17, 15) is 5.26 Å². The monoisotopic (exact) mass is 547 g/mol. The van der Waals surface area contributed by atoms with Crippen molar-refractivity contribution >= 4 is 28.9 Å². The van der Waals surface area contributed by atoms with Crippen molar-refractivity contribution in [1.82, 2.24) is 14.7 Å². The van der Waals surface area contributed by atoms with Crippen LogP contribution >= 0.6 is 23.2 Å². The van der Waals surface area contributed by atoms with Crippen LogP contribution in [0.2, 0.25) is 10.0 Å². The van der Waals surface area contributed by atoms with E-state index in [1.165, 1.54) is 16.8 Å². The fourth-order valence-corrected chi connectivity index (χ4v) is 5.90. The van der Waals surface area contributed by atoms with Crippen LogP contribution in [-0.4, -0.2) is 74.1 Å². The van der Waals surface area contributed by atoms with Gasteiger partial charge in [-0.1, -0.05) is 47.5 Å². The minimum atomic E-state index is 0.144. The van der Waals surface area contributed by atoms with Crippen LogP contribution in [0.25, 0.3) is 0 Å². The van der Waals surface area contributed by atoms with Crippen molar-refractivity contribution in [3.8, 4) is 6.07 Å². The summed E-state index contributed by atoms with van der Waals surface area (Å²) in [6.07, 6.45) is 1.16. The highest BCUT2D eigenvalue weighted by molar-refractivity contribution is 6.30. The third-order valence-corrected chi connectivity index (χ3v) is 8.34. The number of halogens is 2. The molecule has 0 amide bonds. The Hall–Kier alpha value is -2.59. The summed E-state index contributed by atoms with van der Waals surface area (Å²) in [6, 6.07) is 25.3. The van der Waals surface area contributed by atoms with E-state index in [-0.39, 0.29) is 6.04 Å². The first-order valence-corrected chi connectivity index (χ1v) is 14.2. The maximum absolute atomic E-state index is 9.82. The molecule has 0 radical (unpaired) electrons. The lowest BCUT2D eigenvalue weighted by Crippen LogP contribution is -2.47. The average Bonchev–Trinajstić information content (AvgIpc) is 3.16. The Kier molecular flexibility index (Phi) is 8.89. The highest BCUT2D eigenvalue weighted by Crippen LogP contribution is 2.32. The molecule has 2 aliphatic heterocycles. The van der Waals surface area contributed by atoms with Gasteiger partial charge in [0.25, 0.3) is 0 Å². The third-order valence-electron chi connectivity index (χ3n) is 7.83. The van der Waals surface area contributed by atoms with Gasteiger partial charge in [0.15, 0.2) is 0 Å². The quantitative estimate of drug-likeness (QED) is 0.383. The second-order valence-corrected chi connectivity index (χ2v) is 11.3. The topological polar surface area (TPSA) is 36.8 Å². The molecule has 2 aliphatic rings. The summed E-state index contributed by atoms with van der Waals surface area (Å²) in [5.41, 5.74) is 5.60. The standard InChI is InChI=1S/C31H35Cl2N5/c1-35-13-2-14-37(18-15-35)30-12-7-26(22-34)27(21-30)23-36-16-19-38(20-17-36)31(24-3-8-28(32)9-4-24)25-5-10-29(33)11-6-25/h3-12,21,31H,2,13-20,23H2,1H3. The second kappa shape index (κ2) is 12.5. The van der Waals surface area contributed by atoms with Crippen LogP contribution in [0.4, 0.5) is 5.69 Å². The third kappa shape index (κ3) is 6.51. The second-order valence-electron chi connectivity index (χ2n) is 10.4. The molecule has 2 fully saturated rings. The number of rotatable bonds is 6. The molecule has 5 rings (SSSR count). The molecule has 198 valence electrons. The lowest BCUT2D eigenvalue weighted by Gasteiger charge is -2.40. The Labute approximate surface area is 236 Å². The molecular weight excluding hydrogens is 513 g/mol. The van der Waals surface area contributed by atoms with E-state index in [0.717, 1.165) is 86.5 Å². The Morgan fingerprint density at radius 2 is 1.39 bits per heavy atom. The van der Waals surface area contributed by atoms with E-state index in [1.807, 2.05) is 30.3 Å². The number of likely N-dealkylation sites (N-methyl/N-ethyl adjacent to an activating group) is 1. The summed E-state index contributed by atoms with van der Waals surface area (Å²) in [6.45, 7) is 8.86. The van der Waals surface area contributed by atoms with Gasteiger partial charge in [-0.15, -0.1) is 0 Å². The van der Waals surface area contributed by atoms with E-state index in [4.69, 9.17) is 23.2 Å². The van der Waals surface area contributed by atoms with Gasteiger partial charge in [0, 0.05) is 68.1 Å². The van der Waals surface area contributed by atoms with Gasteiger partial charge in [-0.05, 0) is 79.2 Å². The zero-order valence-corrected chi connectivity index (χ0v) is 23.5. The molecule has 0 aliphatic carbocycles. The fraction of sp³-hybridized carbons (Fsp3) is 0.387. The van der Waals surface area contributed by atoms with Crippen LogP contribution in [-0.2, 0) is 6.54 Å². The molecule has 0 spiro atoms. The van der Waals surface area contributed by atoms with Crippen molar-refractivity contribution in [1.29, 1.82) is 5.26 Å². The van der Waals surface area contributed by atoms with Crippen LogP contribution in [0.5, 0.6) is 0 Å². The van der Waals surface area contributed by atoms with Crippen molar-refractivity contribution in [3.63, 3.8) is 0 Å².